The molecule has 0 spiro atoms. The number of benzene rings is 1. The van der Waals surface area contributed by atoms with E-state index >= 15 is 0 Å². The highest BCUT2D eigenvalue weighted by Crippen LogP contribution is 2.16. The van der Waals surface area contributed by atoms with E-state index in [1.54, 1.807) is 39.0 Å². The third kappa shape index (κ3) is 6.04. The zero-order valence-corrected chi connectivity index (χ0v) is 11.9. The number of hydrogen-bond donors (Lipinski definition) is 1. The molecule has 0 unspecified atom stereocenters. The summed E-state index contributed by atoms with van der Waals surface area (Å²) in [6.07, 6.45) is 0.436. The standard InChI is InChI=1S/C15H19NO4/c1-5-13(17)16-10-11-7-6-8-12(9-11)19-14(18)20-15(2,3)4/h5-9H,1,10H2,2-4H3,(H,16,17). The lowest BCUT2D eigenvalue weighted by Crippen LogP contribution is -2.26. The SMILES string of the molecule is C=CC(=O)NCc1cccc(OC(=O)OC(C)(C)C)c1. The van der Waals surface area contributed by atoms with Crippen LogP contribution in [-0.4, -0.2) is 17.7 Å². The van der Waals surface area contributed by atoms with Gasteiger partial charge < -0.3 is 14.8 Å². The quantitative estimate of drug-likeness (QED) is 0.522. The van der Waals surface area contributed by atoms with E-state index in [2.05, 4.69) is 11.9 Å². The molecule has 0 radical (unpaired) electrons. The van der Waals surface area contributed by atoms with E-state index < -0.39 is 11.8 Å². The lowest BCUT2D eigenvalue weighted by Gasteiger charge is -2.18. The fourth-order valence-electron chi connectivity index (χ4n) is 1.35. The van der Waals surface area contributed by atoms with Crippen molar-refractivity contribution in [2.75, 3.05) is 0 Å². The van der Waals surface area contributed by atoms with Crippen LogP contribution in [-0.2, 0) is 16.1 Å². The minimum atomic E-state index is -0.759. The molecule has 0 saturated heterocycles. The molecule has 0 aromatic heterocycles. The van der Waals surface area contributed by atoms with E-state index in [0.717, 1.165) is 5.56 Å². The molecule has 1 amide bonds. The smallest absolute Gasteiger partial charge is 0.428 e. The van der Waals surface area contributed by atoms with Gasteiger partial charge in [0.05, 0.1) is 0 Å². The molecule has 0 aliphatic heterocycles. The van der Waals surface area contributed by atoms with E-state index in [-0.39, 0.29) is 5.91 Å². The molecule has 0 heterocycles. The average molecular weight is 277 g/mol. The molecule has 0 aliphatic rings. The molecule has 108 valence electrons. The average Bonchev–Trinajstić information content (AvgIpc) is 2.34. The van der Waals surface area contributed by atoms with E-state index in [9.17, 15) is 9.59 Å². The van der Waals surface area contributed by atoms with Gasteiger partial charge in [0.25, 0.3) is 0 Å². The normalized spacial score (nSPS) is 10.6. The number of rotatable bonds is 4. The molecule has 1 aromatic carbocycles. The summed E-state index contributed by atoms with van der Waals surface area (Å²) in [5.41, 5.74) is 0.202. The highest BCUT2D eigenvalue weighted by atomic mass is 16.7. The fraction of sp³-hybridized carbons (Fsp3) is 0.333. The second-order valence-corrected chi connectivity index (χ2v) is 5.14. The first kappa shape index (κ1) is 15.8. The predicted molar refractivity (Wildman–Crippen MR) is 75.3 cm³/mol. The maximum Gasteiger partial charge on any atom is 0.514 e. The first-order valence-electron chi connectivity index (χ1n) is 6.20. The third-order valence-electron chi connectivity index (χ3n) is 2.14. The van der Waals surface area contributed by atoms with Gasteiger partial charge in [-0.15, -0.1) is 0 Å². The Morgan fingerprint density at radius 3 is 2.65 bits per heavy atom. The number of amides is 1. The summed E-state index contributed by atoms with van der Waals surface area (Å²) in [7, 11) is 0. The molecule has 5 nitrogen and oxygen atoms in total. The monoisotopic (exact) mass is 277 g/mol. The Kier molecular flexibility index (Phi) is 5.32. The Morgan fingerprint density at radius 2 is 2.05 bits per heavy atom. The summed E-state index contributed by atoms with van der Waals surface area (Å²) in [4.78, 5) is 22.6. The van der Waals surface area contributed by atoms with Crippen molar-refractivity contribution in [1.82, 2.24) is 5.32 Å². The molecule has 5 heteroatoms. The van der Waals surface area contributed by atoms with Gasteiger partial charge in [0.15, 0.2) is 0 Å². The van der Waals surface area contributed by atoms with Gasteiger partial charge in [-0.2, -0.15) is 0 Å². The van der Waals surface area contributed by atoms with Gasteiger partial charge in [-0.25, -0.2) is 4.79 Å². The molecule has 0 saturated carbocycles. The Bertz CT molecular complexity index is 503. The van der Waals surface area contributed by atoms with Crippen LogP contribution in [0, 0.1) is 0 Å². The van der Waals surface area contributed by atoms with Crippen LogP contribution >= 0.6 is 0 Å². The third-order valence-corrected chi connectivity index (χ3v) is 2.14. The Labute approximate surface area is 118 Å². The molecule has 0 bridgehead atoms. The minimum Gasteiger partial charge on any atom is -0.428 e. The molecule has 0 atom stereocenters. The Morgan fingerprint density at radius 1 is 1.35 bits per heavy atom. The second-order valence-electron chi connectivity index (χ2n) is 5.14. The van der Waals surface area contributed by atoms with Crippen LogP contribution in [0.25, 0.3) is 0 Å². The highest BCUT2D eigenvalue weighted by Gasteiger charge is 2.18. The Hall–Kier alpha value is -2.30. The zero-order valence-electron chi connectivity index (χ0n) is 11.9. The number of carbonyl (C=O) groups is 2. The first-order chi connectivity index (χ1) is 9.30. The fourth-order valence-corrected chi connectivity index (χ4v) is 1.35. The van der Waals surface area contributed by atoms with Crippen LogP contribution in [0.15, 0.2) is 36.9 Å². The summed E-state index contributed by atoms with van der Waals surface area (Å²) >= 11 is 0. The molecular weight excluding hydrogens is 258 g/mol. The van der Waals surface area contributed by atoms with Crippen molar-refractivity contribution in [2.24, 2.45) is 0 Å². The van der Waals surface area contributed by atoms with Crippen molar-refractivity contribution in [1.29, 1.82) is 0 Å². The Balaban J connectivity index is 2.61. The van der Waals surface area contributed by atoms with Crippen LogP contribution in [0.1, 0.15) is 26.3 Å². The van der Waals surface area contributed by atoms with Crippen molar-refractivity contribution in [3.8, 4) is 5.75 Å². The number of ether oxygens (including phenoxy) is 2. The van der Waals surface area contributed by atoms with Crippen LogP contribution in [0.4, 0.5) is 4.79 Å². The zero-order chi connectivity index (χ0) is 15.2. The van der Waals surface area contributed by atoms with E-state index in [1.807, 2.05) is 6.07 Å². The van der Waals surface area contributed by atoms with E-state index in [4.69, 9.17) is 9.47 Å². The topological polar surface area (TPSA) is 64.6 Å². The van der Waals surface area contributed by atoms with Crippen LogP contribution in [0.2, 0.25) is 0 Å². The molecule has 0 aliphatic carbocycles. The lowest BCUT2D eigenvalue weighted by molar-refractivity contribution is -0.116. The molecule has 20 heavy (non-hydrogen) atoms. The summed E-state index contributed by atoms with van der Waals surface area (Å²) in [6.45, 7) is 8.97. The van der Waals surface area contributed by atoms with Crippen LogP contribution < -0.4 is 10.1 Å². The predicted octanol–water partition coefficient (Wildman–Crippen LogP) is 2.80. The van der Waals surface area contributed by atoms with Crippen molar-refractivity contribution in [3.63, 3.8) is 0 Å². The minimum absolute atomic E-state index is 0.261. The van der Waals surface area contributed by atoms with Crippen molar-refractivity contribution < 1.29 is 19.1 Å². The van der Waals surface area contributed by atoms with Gasteiger partial charge in [-0.1, -0.05) is 18.7 Å². The van der Waals surface area contributed by atoms with E-state index in [1.165, 1.54) is 6.08 Å². The van der Waals surface area contributed by atoms with Crippen molar-refractivity contribution >= 4 is 12.1 Å². The van der Waals surface area contributed by atoms with Gasteiger partial charge in [0, 0.05) is 6.54 Å². The maximum atomic E-state index is 11.5. The second kappa shape index (κ2) is 6.75. The largest absolute Gasteiger partial charge is 0.514 e. The maximum absolute atomic E-state index is 11.5. The molecule has 0 fully saturated rings. The van der Waals surface area contributed by atoms with Gasteiger partial charge in [0.1, 0.15) is 11.4 Å². The summed E-state index contributed by atoms with van der Waals surface area (Å²) in [5, 5.41) is 2.64. The van der Waals surface area contributed by atoms with Gasteiger partial charge >= 0.3 is 6.16 Å². The number of carbonyl (C=O) groups excluding carboxylic acids is 2. The number of nitrogens with one attached hydrogen (secondary N) is 1. The van der Waals surface area contributed by atoms with Crippen molar-refractivity contribution in [2.45, 2.75) is 32.9 Å². The van der Waals surface area contributed by atoms with Crippen LogP contribution in [0.3, 0.4) is 0 Å². The summed E-state index contributed by atoms with van der Waals surface area (Å²) in [6, 6.07) is 6.84. The van der Waals surface area contributed by atoms with Gasteiger partial charge in [0.2, 0.25) is 5.91 Å². The molecular formula is C15H19NO4. The lowest BCUT2D eigenvalue weighted by atomic mass is 10.2. The first-order valence-corrected chi connectivity index (χ1v) is 6.20. The van der Waals surface area contributed by atoms with Gasteiger partial charge in [-0.3, -0.25) is 4.79 Å². The van der Waals surface area contributed by atoms with Gasteiger partial charge in [-0.05, 0) is 44.5 Å². The van der Waals surface area contributed by atoms with Crippen LogP contribution in [0.5, 0.6) is 5.75 Å². The molecule has 1 rings (SSSR count). The van der Waals surface area contributed by atoms with E-state index in [0.29, 0.717) is 12.3 Å². The number of hydrogen-bond acceptors (Lipinski definition) is 4. The molecule has 1 N–H and O–H groups in total. The van der Waals surface area contributed by atoms with Crippen molar-refractivity contribution in [3.05, 3.63) is 42.5 Å². The molecule has 1 aromatic rings. The highest BCUT2D eigenvalue weighted by molar-refractivity contribution is 5.86. The summed E-state index contributed by atoms with van der Waals surface area (Å²) in [5.74, 6) is 0.105. The summed E-state index contributed by atoms with van der Waals surface area (Å²) < 4.78 is 10.1.